The predicted molar refractivity (Wildman–Crippen MR) is 64.1 cm³/mol. The molecule has 16 heavy (non-hydrogen) atoms. The van der Waals surface area contributed by atoms with Crippen LogP contribution in [0.4, 0.5) is 0 Å². The minimum Gasteiger partial charge on any atom is -0.360 e. The van der Waals surface area contributed by atoms with Gasteiger partial charge in [-0.15, -0.1) is 0 Å². The van der Waals surface area contributed by atoms with Crippen LogP contribution in [0, 0.1) is 19.8 Å². The molecule has 0 aliphatic carbocycles. The number of sulfonamides is 1. The van der Waals surface area contributed by atoms with Crippen LogP contribution in [0.3, 0.4) is 0 Å². The van der Waals surface area contributed by atoms with Crippen molar-refractivity contribution in [3.05, 3.63) is 11.5 Å². The summed E-state index contributed by atoms with van der Waals surface area (Å²) in [4.78, 5) is 0.147. The number of alkyl halides is 1. The number of nitrogens with one attached hydrogen (secondary N) is 1. The number of halogens is 1. The molecule has 1 atom stereocenters. The fourth-order valence-corrected chi connectivity index (χ4v) is 2.96. The SMILES string of the molecule is Cc1noc(C)c1S(=O)(=O)NCC(C)CBr. The first kappa shape index (κ1) is 13.7. The third kappa shape index (κ3) is 3.05. The quantitative estimate of drug-likeness (QED) is 0.838. The maximum Gasteiger partial charge on any atom is 0.245 e. The minimum absolute atomic E-state index is 0.147. The molecule has 1 aromatic heterocycles. The molecule has 92 valence electrons. The zero-order valence-corrected chi connectivity index (χ0v) is 11.9. The number of hydrogen-bond donors (Lipinski definition) is 1. The van der Waals surface area contributed by atoms with Gasteiger partial charge in [0.2, 0.25) is 10.0 Å². The molecule has 1 aromatic rings. The second-order valence-electron chi connectivity index (χ2n) is 3.76. The van der Waals surface area contributed by atoms with Crippen molar-refractivity contribution >= 4 is 26.0 Å². The Labute approximate surface area is 104 Å². The average Bonchev–Trinajstić information content (AvgIpc) is 2.55. The second kappa shape index (κ2) is 5.29. The van der Waals surface area contributed by atoms with Gasteiger partial charge < -0.3 is 4.52 Å². The van der Waals surface area contributed by atoms with Gasteiger partial charge in [0.05, 0.1) is 0 Å². The van der Waals surface area contributed by atoms with Gasteiger partial charge in [-0.25, -0.2) is 13.1 Å². The lowest BCUT2D eigenvalue weighted by atomic mass is 10.2. The highest BCUT2D eigenvalue weighted by atomic mass is 79.9. The van der Waals surface area contributed by atoms with Crippen LogP contribution >= 0.6 is 15.9 Å². The minimum atomic E-state index is -3.51. The first-order valence-electron chi connectivity index (χ1n) is 4.87. The van der Waals surface area contributed by atoms with Crippen molar-refractivity contribution in [3.8, 4) is 0 Å². The highest BCUT2D eigenvalue weighted by molar-refractivity contribution is 9.09. The molecule has 0 radical (unpaired) electrons. The maximum absolute atomic E-state index is 11.9. The van der Waals surface area contributed by atoms with E-state index in [0.717, 1.165) is 5.33 Å². The summed E-state index contributed by atoms with van der Waals surface area (Å²) in [5.41, 5.74) is 0.386. The Morgan fingerprint density at radius 1 is 1.50 bits per heavy atom. The third-order valence-corrected chi connectivity index (χ3v) is 4.89. The summed E-state index contributed by atoms with van der Waals surface area (Å²) in [7, 11) is -3.51. The van der Waals surface area contributed by atoms with E-state index in [-0.39, 0.29) is 10.8 Å². The van der Waals surface area contributed by atoms with Crippen molar-refractivity contribution in [2.24, 2.45) is 5.92 Å². The van der Waals surface area contributed by atoms with Crippen molar-refractivity contribution in [1.29, 1.82) is 0 Å². The van der Waals surface area contributed by atoms with Crippen molar-refractivity contribution in [1.82, 2.24) is 9.88 Å². The Bertz CT molecular complexity index is 436. The van der Waals surface area contributed by atoms with E-state index in [4.69, 9.17) is 4.52 Å². The smallest absolute Gasteiger partial charge is 0.245 e. The second-order valence-corrected chi connectivity index (χ2v) is 6.12. The van der Waals surface area contributed by atoms with E-state index in [1.807, 2.05) is 6.92 Å². The van der Waals surface area contributed by atoms with Gasteiger partial charge in [-0.2, -0.15) is 0 Å². The van der Waals surface area contributed by atoms with E-state index in [0.29, 0.717) is 18.0 Å². The summed E-state index contributed by atoms with van der Waals surface area (Å²) in [5.74, 6) is 0.548. The van der Waals surface area contributed by atoms with E-state index in [1.165, 1.54) is 0 Å². The van der Waals surface area contributed by atoms with Crippen LogP contribution in [0.2, 0.25) is 0 Å². The lowest BCUT2D eigenvalue weighted by molar-refractivity contribution is 0.390. The molecule has 0 aliphatic rings. The number of aryl methyl sites for hydroxylation is 2. The first-order chi connectivity index (χ1) is 7.38. The molecular weight excluding hydrogens is 296 g/mol. The molecule has 1 unspecified atom stereocenters. The average molecular weight is 311 g/mol. The molecular formula is C9H15BrN2O3S. The molecule has 0 aliphatic heterocycles. The molecule has 1 heterocycles. The van der Waals surface area contributed by atoms with Crippen molar-refractivity contribution in [3.63, 3.8) is 0 Å². The fraction of sp³-hybridized carbons (Fsp3) is 0.667. The van der Waals surface area contributed by atoms with Crippen LogP contribution in [0.25, 0.3) is 0 Å². The van der Waals surface area contributed by atoms with E-state index in [9.17, 15) is 8.42 Å². The Hall–Kier alpha value is -0.400. The molecule has 0 bridgehead atoms. The number of hydrogen-bond acceptors (Lipinski definition) is 4. The van der Waals surface area contributed by atoms with Crippen molar-refractivity contribution in [2.75, 3.05) is 11.9 Å². The van der Waals surface area contributed by atoms with E-state index >= 15 is 0 Å². The number of aromatic nitrogens is 1. The molecule has 0 spiro atoms. The lowest BCUT2D eigenvalue weighted by Crippen LogP contribution is -2.29. The predicted octanol–water partition coefficient (Wildman–Crippen LogP) is 1.60. The highest BCUT2D eigenvalue weighted by Gasteiger charge is 2.24. The Kier molecular flexibility index (Phi) is 4.52. The Balaban J connectivity index is 2.87. The molecule has 1 N–H and O–H groups in total. The van der Waals surface area contributed by atoms with Gasteiger partial charge in [-0.3, -0.25) is 0 Å². The highest BCUT2D eigenvalue weighted by Crippen LogP contribution is 2.18. The molecule has 0 amide bonds. The third-order valence-electron chi connectivity index (χ3n) is 2.12. The van der Waals surface area contributed by atoms with Gasteiger partial charge in [0.15, 0.2) is 5.76 Å². The van der Waals surface area contributed by atoms with Crippen LogP contribution in [0.15, 0.2) is 9.42 Å². The van der Waals surface area contributed by atoms with Crippen LogP contribution < -0.4 is 4.72 Å². The van der Waals surface area contributed by atoms with Crippen LogP contribution in [-0.4, -0.2) is 25.4 Å². The van der Waals surface area contributed by atoms with Crippen molar-refractivity contribution in [2.45, 2.75) is 25.7 Å². The molecule has 0 fully saturated rings. The van der Waals surface area contributed by atoms with Gasteiger partial charge in [0.1, 0.15) is 10.6 Å². The van der Waals surface area contributed by atoms with Gasteiger partial charge >= 0.3 is 0 Å². The summed E-state index contributed by atoms with van der Waals surface area (Å²) in [6.07, 6.45) is 0. The summed E-state index contributed by atoms with van der Waals surface area (Å²) >= 11 is 3.29. The Morgan fingerprint density at radius 2 is 2.12 bits per heavy atom. The molecule has 1 rings (SSSR count). The summed E-state index contributed by atoms with van der Waals surface area (Å²) in [5, 5.41) is 4.37. The fourth-order valence-electron chi connectivity index (χ4n) is 1.24. The zero-order valence-electron chi connectivity index (χ0n) is 9.45. The lowest BCUT2D eigenvalue weighted by Gasteiger charge is -2.09. The van der Waals surface area contributed by atoms with Crippen molar-refractivity contribution < 1.29 is 12.9 Å². The van der Waals surface area contributed by atoms with E-state index < -0.39 is 10.0 Å². The largest absolute Gasteiger partial charge is 0.360 e. The van der Waals surface area contributed by atoms with Crippen LogP contribution in [0.1, 0.15) is 18.4 Å². The summed E-state index contributed by atoms with van der Waals surface area (Å²) in [6, 6.07) is 0. The summed E-state index contributed by atoms with van der Waals surface area (Å²) in [6.45, 7) is 5.53. The first-order valence-corrected chi connectivity index (χ1v) is 7.47. The molecule has 0 saturated carbocycles. The topological polar surface area (TPSA) is 72.2 Å². The van der Waals surface area contributed by atoms with Crippen LogP contribution in [-0.2, 0) is 10.0 Å². The maximum atomic E-state index is 11.9. The number of nitrogens with zero attached hydrogens (tertiary/aromatic N) is 1. The number of rotatable bonds is 5. The summed E-state index contributed by atoms with van der Waals surface area (Å²) < 4.78 is 31.2. The van der Waals surface area contributed by atoms with Gasteiger partial charge in [-0.1, -0.05) is 28.0 Å². The van der Waals surface area contributed by atoms with E-state index in [2.05, 4.69) is 25.8 Å². The monoisotopic (exact) mass is 310 g/mol. The molecule has 5 nitrogen and oxygen atoms in total. The van der Waals surface area contributed by atoms with Crippen LogP contribution in [0.5, 0.6) is 0 Å². The van der Waals surface area contributed by atoms with E-state index in [1.54, 1.807) is 13.8 Å². The normalized spacial score (nSPS) is 14.0. The zero-order chi connectivity index (χ0) is 12.3. The van der Waals surface area contributed by atoms with Gasteiger partial charge in [0, 0.05) is 11.9 Å². The molecule has 0 aromatic carbocycles. The van der Waals surface area contributed by atoms with Gasteiger partial charge in [-0.05, 0) is 19.8 Å². The molecule has 7 heteroatoms. The standard InChI is InChI=1S/C9H15BrN2O3S/c1-6(4-10)5-11-16(13,14)9-7(2)12-15-8(9)3/h6,11H,4-5H2,1-3H3. The van der Waals surface area contributed by atoms with Gasteiger partial charge in [0.25, 0.3) is 0 Å². The Morgan fingerprint density at radius 3 is 2.56 bits per heavy atom. The molecule has 0 saturated heterocycles.